The molecule has 14 nitrogen and oxygen atoms in total. The summed E-state index contributed by atoms with van der Waals surface area (Å²) in [5, 5.41) is 10.7. The van der Waals surface area contributed by atoms with E-state index in [1.54, 1.807) is 49.3 Å². The molecule has 1 aliphatic heterocycles. The van der Waals surface area contributed by atoms with E-state index in [9.17, 15) is 33.6 Å². The lowest BCUT2D eigenvalue weighted by atomic mass is 9.83. The normalized spacial score (nSPS) is 25.6. The van der Waals surface area contributed by atoms with Crippen LogP contribution in [0.3, 0.4) is 0 Å². The minimum Gasteiger partial charge on any atom is -0.449 e. The van der Waals surface area contributed by atoms with Gasteiger partial charge in [-0.25, -0.2) is 4.79 Å². The molecule has 6 amide bonds. The molecule has 0 spiro atoms. The molecule has 4 aliphatic rings. The fraction of sp³-hybridized carbons (Fsp3) is 0.675. The number of nitrogens with zero attached hydrogens (tertiary/aromatic N) is 2. The molecule has 1 aromatic carbocycles. The molecule has 1 heterocycles. The number of likely N-dealkylation sites (tertiary alicyclic amines) is 1. The summed E-state index contributed by atoms with van der Waals surface area (Å²) in [7, 11) is 3.14. The molecule has 4 N–H and O–H groups in total. The van der Waals surface area contributed by atoms with Gasteiger partial charge < -0.3 is 35.8 Å². The summed E-state index contributed by atoms with van der Waals surface area (Å²) < 4.78 is 5.40. The van der Waals surface area contributed by atoms with E-state index in [4.69, 9.17) is 4.74 Å². The summed E-state index contributed by atoms with van der Waals surface area (Å²) in [6, 6.07) is 4.79. The lowest BCUT2D eigenvalue weighted by molar-refractivity contribution is -0.145. The summed E-state index contributed by atoms with van der Waals surface area (Å²) in [5.41, 5.74) is 0.343. The van der Waals surface area contributed by atoms with Crippen LogP contribution in [0.1, 0.15) is 84.7 Å². The van der Waals surface area contributed by atoms with Crippen LogP contribution in [0.2, 0.25) is 0 Å². The van der Waals surface area contributed by atoms with Crippen LogP contribution >= 0.6 is 0 Å². The number of piperidine rings is 1. The van der Waals surface area contributed by atoms with Crippen molar-refractivity contribution in [3.63, 3.8) is 0 Å². The van der Waals surface area contributed by atoms with Crippen molar-refractivity contribution in [2.24, 2.45) is 40.9 Å². The first-order valence-corrected chi connectivity index (χ1v) is 19.4. The number of amides is 6. The average Bonchev–Trinajstić information content (AvgIpc) is 3.92. The Hall–Kier alpha value is -4.49. The zero-order chi connectivity index (χ0) is 39.5. The summed E-state index contributed by atoms with van der Waals surface area (Å²) in [5.74, 6) is -4.09. The highest BCUT2D eigenvalue weighted by molar-refractivity contribution is 6.38. The largest absolute Gasteiger partial charge is 0.449 e. The van der Waals surface area contributed by atoms with Crippen LogP contribution in [-0.2, 0) is 33.5 Å². The highest BCUT2D eigenvalue weighted by Gasteiger charge is 2.70. The van der Waals surface area contributed by atoms with Gasteiger partial charge in [-0.1, -0.05) is 84.2 Å². The quantitative estimate of drug-likeness (QED) is 0.197. The van der Waals surface area contributed by atoms with Gasteiger partial charge in [0.2, 0.25) is 29.4 Å². The molecule has 3 saturated carbocycles. The number of benzene rings is 1. The number of ether oxygens (including phenoxy) is 1. The van der Waals surface area contributed by atoms with Crippen LogP contribution < -0.4 is 21.3 Å². The van der Waals surface area contributed by atoms with Crippen LogP contribution in [-0.4, -0.2) is 103 Å². The third-order valence-electron chi connectivity index (χ3n) is 11.9. The second-order valence-corrected chi connectivity index (χ2v) is 17.0. The molecule has 0 bridgehead atoms. The van der Waals surface area contributed by atoms with Gasteiger partial charge in [0.1, 0.15) is 24.2 Å². The van der Waals surface area contributed by atoms with Crippen LogP contribution in [0.5, 0.6) is 0 Å². The van der Waals surface area contributed by atoms with Crippen LogP contribution in [0.15, 0.2) is 30.3 Å². The Bertz CT molecular complexity index is 1590. The molecule has 3 aliphatic carbocycles. The number of hydrogen-bond acceptors (Lipinski definition) is 8. The van der Waals surface area contributed by atoms with Crippen molar-refractivity contribution >= 4 is 41.4 Å². The van der Waals surface area contributed by atoms with Gasteiger partial charge in [0, 0.05) is 20.6 Å². The number of ketones is 1. The Morgan fingerprint density at radius 1 is 0.926 bits per heavy atom. The van der Waals surface area contributed by atoms with Crippen molar-refractivity contribution in [2.45, 2.75) is 97.3 Å². The summed E-state index contributed by atoms with van der Waals surface area (Å²) >= 11 is 0. The van der Waals surface area contributed by atoms with E-state index in [2.05, 4.69) is 35.1 Å². The number of likely N-dealkylation sites (N-methyl/N-ethyl adjacent to an activating group) is 1. The third-order valence-corrected chi connectivity index (χ3v) is 11.9. The van der Waals surface area contributed by atoms with E-state index in [0.29, 0.717) is 18.5 Å². The third kappa shape index (κ3) is 9.23. The Balaban J connectivity index is 1.27. The minimum atomic E-state index is -1.15. The smallest absolute Gasteiger partial charge is 0.407 e. The predicted molar refractivity (Wildman–Crippen MR) is 199 cm³/mol. The molecule has 54 heavy (non-hydrogen) atoms. The maximum absolute atomic E-state index is 14.4. The van der Waals surface area contributed by atoms with E-state index in [1.807, 2.05) is 20.8 Å². The minimum absolute atomic E-state index is 0.0620. The maximum Gasteiger partial charge on any atom is 0.407 e. The van der Waals surface area contributed by atoms with Crippen molar-refractivity contribution in [1.29, 1.82) is 0 Å². The summed E-state index contributed by atoms with van der Waals surface area (Å²) in [4.78, 5) is 97.3. The molecule has 296 valence electrons. The Kier molecular flexibility index (Phi) is 12.7. The number of hydrogen-bond donors (Lipinski definition) is 4. The number of fused-ring (bicyclic) bond motifs is 1. The highest BCUT2D eigenvalue weighted by Crippen LogP contribution is 2.65. The Morgan fingerprint density at radius 2 is 1.57 bits per heavy atom. The van der Waals surface area contributed by atoms with Gasteiger partial charge in [0.25, 0.3) is 5.91 Å². The van der Waals surface area contributed by atoms with Crippen molar-refractivity contribution in [3.05, 3.63) is 35.9 Å². The van der Waals surface area contributed by atoms with Crippen molar-refractivity contribution in [2.75, 3.05) is 33.8 Å². The zero-order valence-corrected chi connectivity index (χ0v) is 32.7. The van der Waals surface area contributed by atoms with Crippen LogP contribution in [0.25, 0.3) is 0 Å². The number of nitrogens with one attached hydrogen (secondary N) is 4. The standard InChI is InChI=1S/C40H58N6O8/c1-22(2)21-54-39(53)44-31(25-16-12-9-13-17-25)38(52)46-20-27-29(40(27,4)5)33(46)35(49)43-32(26-18-23(26)3)34(48)36(50)41-19-28(47)42-30(37(51)45(6)7)24-14-10-8-11-15-24/h8,10-11,14-15,22-23,25-27,29-33H,9,12-13,16-21H2,1-7H3,(H,41,50)(H,42,47)(H,43,49)(H,44,53)/t23-,26?,27-,29-,30?,31-,32-,33-/m0/s1. The van der Waals surface area contributed by atoms with Gasteiger partial charge in [-0.05, 0) is 65.7 Å². The van der Waals surface area contributed by atoms with Crippen molar-refractivity contribution in [1.82, 2.24) is 31.1 Å². The lowest BCUT2D eigenvalue weighted by Gasteiger charge is -2.37. The van der Waals surface area contributed by atoms with E-state index in [0.717, 1.165) is 32.1 Å². The van der Waals surface area contributed by atoms with Crippen LogP contribution in [0, 0.1) is 40.9 Å². The monoisotopic (exact) mass is 750 g/mol. The van der Waals surface area contributed by atoms with Gasteiger partial charge in [-0.3, -0.25) is 28.8 Å². The van der Waals surface area contributed by atoms with Crippen molar-refractivity contribution < 1.29 is 38.3 Å². The first-order chi connectivity index (χ1) is 25.5. The fourth-order valence-electron chi connectivity index (χ4n) is 8.46. The molecule has 5 rings (SSSR count). The molecule has 14 heteroatoms. The predicted octanol–water partition coefficient (Wildman–Crippen LogP) is 2.57. The first-order valence-electron chi connectivity index (χ1n) is 19.4. The average molecular weight is 751 g/mol. The zero-order valence-electron chi connectivity index (χ0n) is 32.7. The number of carbonyl (C=O) groups is 7. The van der Waals surface area contributed by atoms with E-state index in [-0.39, 0.29) is 59.3 Å². The first kappa shape index (κ1) is 40.7. The Morgan fingerprint density at radius 3 is 2.17 bits per heavy atom. The second kappa shape index (κ2) is 16.9. The molecule has 0 radical (unpaired) electrons. The topological polar surface area (TPSA) is 183 Å². The van der Waals surface area contributed by atoms with Gasteiger partial charge >= 0.3 is 6.09 Å². The van der Waals surface area contributed by atoms with E-state index >= 15 is 0 Å². The molecule has 2 unspecified atom stereocenters. The van der Waals surface area contributed by atoms with Gasteiger partial charge in [-0.2, -0.15) is 0 Å². The van der Waals surface area contributed by atoms with E-state index < -0.39 is 60.3 Å². The van der Waals surface area contributed by atoms with Gasteiger partial charge in [0.05, 0.1) is 13.2 Å². The number of rotatable bonds is 15. The highest BCUT2D eigenvalue weighted by atomic mass is 16.5. The maximum atomic E-state index is 14.4. The number of carbonyl (C=O) groups excluding carboxylic acids is 7. The second-order valence-electron chi connectivity index (χ2n) is 17.0. The fourth-order valence-corrected chi connectivity index (χ4v) is 8.46. The van der Waals surface area contributed by atoms with Gasteiger partial charge in [-0.15, -0.1) is 0 Å². The molecule has 1 aromatic rings. The summed E-state index contributed by atoms with van der Waals surface area (Å²) in [6.07, 6.45) is 4.43. The number of alkyl carbamates (subject to hydrolysis) is 1. The van der Waals surface area contributed by atoms with Crippen molar-refractivity contribution in [3.8, 4) is 0 Å². The SMILES string of the molecule is CC(C)COC(=O)N[C@H](C(=O)N1C[C@H]2[C@@H]([C@H]1C(=O)N[C@H](C(=O)C(=O)NCC(=O)NC(C(=O)N(C)C)c1ccccc1)C1C[C@@H]1C)C2(C)C)C1CCCCC1. The van der Waals surface area contributed by atoms with E-state index in [1.165, 1.54) is 4.90 Å². The Labute approximate surface area is 318 Å². The summed E-state index contributed by atoms with van der Waals surface area (Å²) in [6.45, 7) is 9.89. The lowest BCUT2D eigenvalue weighted by Crippen LogP contribution is -2.60. The number of Topliss-reactive ketones (excluding diaryl/α,β-unsaturated/α-hetero) is 1. The molecule has 4 fully saturated rings. The molecule has 0 aromatic heterocycles. The molecule has 1 saturated heterocycles. The molecule has 8 atom stereocenters. The molecular weight excluding hydrogens is 692 g/mol. The van der Waals surface area contributed by atoms with Crippen LogP contribution in [0.4, 0.5) is 4.79 Å². The molecular formula is C40H58N6O8. The van der Waals surface area contributed by atoms with Gasteiger partial charge in [0.15, 0.2) is 0 Å².